The van der Waals surface area contributed by atoms with Crippen molar-refractivity contribution in [2.75, 3.05) is 18.0 Å². The van der Waals surface area contributed by atoms with Crippen molar-refractivity contribution in [1.29, 1.82) is 0 Å². The Balaban J connectivity index is 1.67. The molecule has 1 saturated heterocycles. The summed E-state index contributed by atoms with van der Waals surface area (Å²) in [5, 5.41) is 0.670. The van der Waals surface area contributed by atoms with Crippen molar-refractivity contribution >= 4 is 16.6 Å². The van der Waals surface area contributed by atoms with Gasteiger partial charge in [-0.1, -0.05) is 60.7 Å². The van der Waals surface area contributed by atoms with Gasteiger partial charge < -0.3 is 4.90 Å². The topological polar surface area (TPSA) is 38.1 Å². The van der Waals surface area contributed by atoms with Gasteiger partial charge in [0.15, 0.2) is 0 Å². The Labute approximate surface area is 182 Å². The van der Waals surface area contributed by atoms with Crippen molar-refractivity contribution in [2.24, 2.45) is 0 Å². The van der Waals surface area contributed by atoms with Gasteiger partial charge in [0.2, 0.25) is 0 Å². The van der Waals surface area contributed by atoms with E-state index in [1.165, 1.54) is 24.9 Å². The Hall–Kier alpha value is -3.40. The van der Waals surface area contributed by atoms with Crippen LogP contribution in [0.25, 0.3) is 10.9 Å². The quantitative estimate of drug-likeness (QED) is 0.457. The lowest BCUT2D eigenvalue weighted by Crippen LogP contribution is -2.31. The fourth-order valence-corrected chi connectivity index (χ4v) is 4.71. The van der Waals surface area contributed by atoms with E-state index in [4.69, 9.17) is 4.98 Å². The molecule has 0 unspecified atom stereocenters. The number of anilines is 1. The Morgan fingerprint density at radius 2 is 1.42 bits per heavy atom. The second-order valence-electron chi connectivity index (χ2n) is 8.31. The molecule has 1 fully saturated rings. The van der Waals surface area contributed by atoms with Crippen LogP contribution in [-0.4, -0.2) is 22.6 Å². The summed E-state index contributed by atoms with van der Waals surface area (Å²) in [7, 11) is 0. The van der Waals surface area contributed by atoms with Gasteiger partial charge in [0.1, 0.15) is 5.82 Å². The predicted molar refractivity (Wildman–Crippen MR) is 127 cm³/mol. The predicted octanol–water partition coefficient (Wildman–Crippen LogP) is 5.33. The molecule has 1 aliphatic rings. The molecule has 0 amide bonds. The lowest BCUT2D eigenvalue weighted by Gasteiger charge is -2.29. The highest BCUT2D eigenvalue weighted by molar-refractivity contribution is 5.82. The van der Waals surface area contributed by atoms with Gasteiger partial charge in [-0.25, -0.2) is 4.98 Å². The number of piperidine rings is 1. The van der Waals surface area contributed by atoms with Crippen LogP contribution < -0.4 is 10.5 Å². The zero-order valence-electron chi connectivity index (χ0n) is 17.9. The number of benzene rings is 3. The number of rotatable bonds is 4. The molecule has 1 aliphatic heterocycles. The molecule has 0 saturated carbocycles. The van der Waals surface area contributed by atoms with Gasteiger partial charge in [0, 0.05) is 18.8 Å². The molecule has 156 valence electrons. The van der Waals surface area contributed by atoms with E-state index in [0.717, 1.165) is 35.6 Å². The van der Waals surface area contributed by atoms with Crippen LogP contribution >= 0.6 is 0 Å². The largest absolute Gasteiger partial charge is 0.371 e. The summed E-state index contributed by atoms with van der Waals surface area (Å²) in [4.78, 5) is 21.0. The lowest BCUT2D eigenvalue weighted by atomic mass is 9.98. The SMILES string of the molecule is Cc1nc2cc(N3CCCCC3)ccc2c(=O)n1C(c1ccccc1)c1ccccc1. The van der Waals surface area contributed by atoms with Crippen molar-refractivity contribution < 1.29 is 0 Å². The summed E-state index contributed by atoms with van der Waals surface area (Å²) < 4.78 is 1.84. The summed E-state index contributed by atoms with van der Waals surface area (Å²) >= 11 is 0. The van der Waals surface area contributed by atoms with Crippen LogP contribution in [-0.2, 0) is 0 Å². The molecule has 0 aliphatic carbocycles. The smallest absolute Gasteiger partial charge is 0.262 e. The van der Waals surface area contributed by atoms with Crippen LogP contribution in [0, 0.1) is 6.92 Å². The first-order valence-corrected chi connectivity index (χ1v) is 11.1. The average Bonchev–Trinajstić information content (AvgIpc) is 2.83. The van der Waals surface area contributed by atoms with Gasteiger partial charge >= 0.3 is 0 Å². The van der Waals surface area contributed by atoms with Crippen molar-refractivity contribution in [3.63, 3.8) is 0 Å². The molecule has 0 N–H and O–H groups in total. The Bertz CT molecular complexity index is 1200. The molecule has 0 bridgehead atoms. The minimum Gasteiger partial charge on any atom is -0.371 e. The summed E-state index contributed by atoms with van der Waals surface area (Å²) in [5.41, 5.74) is 4.10. The van der Waals surface area contributed by atoms with Crippen molar-refractivity contribution in [3.05, 3.63) is 106 Å². The minimum absolute atomic E-state index is 0.00500. The summed E-state index contributed by atoms with van der Waals surface area (Å²) in [6.07, 6.45) is 3.75. The first kappa shape index (κ1) is 19.6. The van der Waals surface area contributed by atoms with Crippen molar-refractivity contribution in [1.82, 2.24) is 9.55 Å². The van der Waals surface area contributed by atoms with E-state index in [0.29, 0.717) is 5.39 Å². The van der Waals surface area contributed by atoms with E-state index < -0.39 is 0 Å². The molecule has 31 heavy (non-hydrogen) atoms. The van der Waals surface area contributed by atoms with Gasteiger partial charge in [-0.2, -0.15) is 0 Å². The Morgan fingerprint density at radius 1 is 0.806 bits per heavy atom. The van der Waals surface area contributed by atoms with Crippen molar-refractivity contribution in [3.8, 4) is 0 Å². The second kappa shape index (κ2) is 8.38. The number of aryl methyl sites for hydroxylation is 1. The van der Waals surface area contributed by atoms with Crippen LogP contribution in [0.5, 0.6) is 0 Å². The van der Waals surface area contributed by atoms with E-state index in [2.05, 4.69) is 41.3 Å². The zero-order valence-corrected chi connectivity index (χ0v) is 17.9. The third-order valence-corrected chi connectivity index (χ3v) is 6.27. The van der Waals surface area contributed by atoms with Crippen LogP contribution in [0.2, 0.25) is 0 Å². The Morgan fingerprint density at radius 3 is 2.03 bits per heavy atom. The first-order valence-electron chi connectivity index (χ1n) is 11.1. The van der Waals surface area contributed by atoms with Gasteiger partial charge in [-0.15, -0.1) is 0 Å². The fraction of sp³-hybridized carbons (Fsp3) is 0.259. The van der Waals surface area contributed by atoms with Gasteiger partial charge in [0.05, 0.1) is 16.9 Å². The second-order valence-corrected chi connectivity index (χ2v) is 8.31. The molecular formula is C27H27N3O. The first-order chi connectivity index (χ1) is 15.2. The van der Waals surface area contributed by atoms with Crippen LogP contribution in [0.1, 0.15) is 42.3 Å². The zero-order chi connectivity index (χ0) is 21.2. The van der Waals surface area contributed by atoms with Crippen molar-refractivity contribution in [2.45, 2.75) is 32.2 Å². The number of nitrogens with zero attached hydrogens (tertiary/aromatic N) is 3. The molecular weight excluding hydrogens is 382 g/mol. The van der Waals surface area contributed by atoms with Gasteiger partial charge in [-0.05, 0) is 55.5 Å². The van der Waals surface area contributed by atoms with Crippen LogP contribution in [0.3, 0.4) is 0 Å². The molecule has 4 nitrogen and oxygen atoms in total. The number of fused-ring (bicyclic) bond motifs is 1. The van der Waals surface area contributed by atoms with Gasteiger partial charge in [-0.3, -0.25) is 9.36 Å². The highest BCUT2D eigenvalue weighted by Gasteiger charge is 2.22. The maximum atomic E-state index is 13.7. The number of hydrogen-bond acceptors (Lipinski definition) is 3. The normalized spacial score (nSPS) is 14.3. The molecule has 0 atom stereocenters. The molecule has 5 rings (SSSR count). The fourth-order valence-electron chi connectivity index (χ4n) is 4.71. The third kappa shape index (κ3) is 3.74. The van der Waals surface area contributed by atoms with Gasteiger partial charge in [0.25, 0.3) is 5.56 Å². The highest BCUT2D eigenvalue weighted by atomic mass is 16.1. The third-order valence-electron chi connectivity index (χ3n) is 6.27. The standard InChI is InChI=1S/C27H27N3O/c1-20-28-25-19-23(29-17-9-4-10-18-29)15-16-24(25)27(31)30(20)26(21-11-5-2-6-12-21)22-13-7-3-8-14-22/h2-3,5-8,11-16,19,26H,4,9-10,17-18H2,1H3. The molecule has 2 heterocycles. The maximum Gasteiger partial charge on any atom is 0.262 e. The highest BCUT2D eigenvalue weighted by Crippen LogP contribution is 2.28. The monoisotopic (exact) mass is 409 g/mol. The van der Waals surface area contributed by atoms with E-state index in [1.54, 1.807) is 0 Å². The summed E-state index contributed by atoms with van der Waals surface area (Å²) in [5.74, 6) is 0.728. The molecule has 3 aromatic carbocycles. The van der Waals surface area contributed by atoms with E-state index in [1.807, 2.05) is 54.0 Å². The molecule has 4 aromatic rings. The molecule has 1 aromatic heterocycles. The maximum absolute atomic E-state index is 13.7. The molecule has 0 spiro atoms. The summed E-state index contributed by atoms with van der Waals surface area (Å²) in [6.45, 7) is 4.09. The molecule has 4 heteroatoms. The van der Waals surface area contributed by atoms with E-state index >= 15 is 0 Å². The Kier molecular flexibility index (Phi) is 5.29. The lowest BCUT2D eigenvalue weighted by molar-refractivity contribution is 0.578. The number of aromatic nitrogens is 2. The van der Waals surface area contributed by atoms with E-state index in [9.17, 15) is 4.79 Å². The minimum atomic E-state index is -0.214. The van der Waals surface area contributed by atoms with E-state index in [-0.39, 0.29) is 11.6 Å². The summed E-state index contributed by atoms with van der Waals surface area (Å²) in [6, 6.07) is 26.3. The van der Waals surface area contributed by atoms with Crippen LogP contribution in [0.4, 0.5) is 5.69 Å². The molecule has 0 radical (unpaired) electrons. The number of hydrogen-bond donors (Lipinski definition) is 0. The average molecular weight is 410 g/mol. The van der Waals surface area contributed by atoms with Crippen LogP contribution in [0.15, 0.2) is 83.7 Å².